The molecule has 0 aromatic rings. The van der Waals surface area contributed by atoms with Crippen molar-refractivity contribution < 1.29 is 44.5 Å². The van der Waals surface area contributed by atoms with Crippen molar-refractivity contribution in [1.29, 1.82) is 0 Å². The molecule has 26 heavy (non-hydrogen) atoms. The number of aliphatic hydroxyl groups is 5. The lowest BCUT2D eigenvalue weighted by molar-refractivity contribution is -0.318. The van der Waals surface area contributed by atoms with Crippen molar-refractivity contribution in [2.45, 2.75) is 101 Å². The molecule has 0 aliphatic carbocycles. The third kappa shape index (κ3) is 5.34. The second-order valence-corrected chi connectivity index (χ2v) is 7.59. The molecule has 5 N–H and O–H groups in total. The van der Waals surface area contributed by atoms with Crippen LogP contribution in [-0.2, 0) is 18.9 Å². The SMILES string of the molecule is CC1O[C@@H](OC[C@H](O)C(C)O)CC(O[C@H]2CC(C)(O)[C@H](O)C(C)O2)[C@H]1O. The average molecular weight is 380 g/mol. The minimum atomic E-state index is -1.36. The molecule has 10 atom stereocenters. The van der Waals surface area contributed by atoms with Crippen molar-refractivity contribution in [2.75, 3.05) is 6.61 Å². The zero-order valence-corrected chi connectivity index (χ0v) is 15.7. The Kier molecular flexibility index (Phi) is 7.39. The van der Waals surface area contributed by atoms with Gasteiger partial charge in [-0.15, -0.1) is 0 Å². The van der Waals surface area contributed by atoms with E-state index >= 15 is 0 Å². The van der Waals surface area contributed by atoms with Crippen molar-refractivity contribution in [1.82, 2.24) is 0 Å². The molecule has 0 bridgehead atoms. The molecule has 9 heteroatoms. The molecule has 0 saturated carbocycles. The highest BCUT2D eigenvalue weighted by Gasteiger charge is 2.46. The maximum Gasteiger partial charge on any atom is 0.161 e. The molecule has 0 aromatic carbocycles. The summed E-state index contributed by atoms with van der Waals surface area (Å²) in [5, 5.41) is 49.6. The van der Waals surface area contributed by atoms with Crippen LogP contribution in [0.4, 0.5) is 0 Å². The van der Waals surface area contributed by atoms with E-state index in [1.54, 1.807) is 13.8 Å². The number of aliphatic hydroxyl groups excluding tert-OH is 4. The number of rotatable bonds is 6. The predicted molar refractivity (Wildman–Crippen MR) is 89.1 cm³/mol. The first-order valence-electron chi connectivity index (χ1n) is 9.04. The number of ether oxygens (including phenoxy) is 4. The van der Waals surface area contributed by atoms with E-state index in [2.05, 4.69) is 0 Å². The van der Waals surface area contributed by atoms with Crippen LogP contribution in [-0.4, -0.2) is 93.0 Å². The third-order valence-electron chi connectivity index (χ3n) is 5.02. The highest BCUT2D eigenvalue weighted by molar-refractivity contribution is 4.92. The van der Waals surface area contributed by atoms with Crippen molar-refractivity contribution in [2.24, 2.45) is 0 Å². The molecule has 2 saturated heterocycles. The number of hydrogen-bond acceptors (Lipinski definition) is 9. The van der Waals surface area contributed by atoms with E-state index in [9.17, 15) is 25.5 Å². The Morgan fingerprint density at radius 2 is 1.73 bits per heavy atom. The lowest BCUT2D eigenvalue weighted by atomic mass is 9.89. The maximum absolute atomic E-state index is 10.3. The van der Waals surface area contributed by atoms with Gasteiger partial charge < -0.3 is 44.5 Å². The van der Waals surface area contributed by atoms with Gasteiger partial charge in [0.05, 0.1) is 36.6 Å². The van der Waals surface area contributed by atoms with Crippen LogP contribution in [0.5, 0.6) is 0 Å². The summed E-state index contributed by atoms with van der Waals surface area (Å²) in [6, 6.07) is 0. The summed E-state index contributed by atoms with van der Waals surface area (Å²) in [6.45, 7) is 6.16. The van der Waals surface area contributed by atoms with Crippen LogP contribution in [0.25, 0.3) is 0 Å². The van der Waals surface area contributed by atoms with Crippen LogP contribution >= 0.6 is 0 Å². The molecule has 5 unspecified atom stereocenters. The minimum absolute atomic E-state index is 0.0588. The predicted octanol–water partition coefficient (Wildman–Crippen LogP) is -1.13. The molecule has 0 amide bonds. The van der Waals surface area contributed by atoms with Crippen molar-refractivity contribution in [3.8, 4) is 0 Å². The fraction of sp³-hybridized carbons (Fsp3) is 1.00. The zero-order valence-electron chi connectivity index (χ0n) is 15.7. The van der Waals surface area contributed by atoms with E-state index in [1.807, 2.05) is 0 Å². The highest BCUT2D eigenvalue weighted by atomic mass is 16.7. The summed E-state index contributed by atoms with van der Waals surface area (Å²) in [6.07, 6.45) is -7.06. The maximum atomic E-state index is 10.3. The summed E-state index contributed by atoms with van der Waals surface area (Å²) < 4.78 is 22.4. The molecule has 2 heterocycles. The Balaban J connectivity index is 1.94. The van der Waals surface area contributed by atoms with Crippen LogP contribution in [0.3, 0.4) is 0 Å². The Morgan fingerprint density at radius 1 is 1.12 bits per heavy atom. The fourth-order valence-corrected chi connectivity index (χ4v) is 3.20. The Labute approximate surface area is 153 Å². The van der Waals surface area contributed by atoms with Crippen LogP contribution in [0.15, 0.2) is 0 Å². The first-order chi connectivity index (χ1) is 12.0. The first kappa shape index (κ1) is 21.9. The van der Waals surface area contributed by atoms with Gasteiger partial charge in [-0.25, -0.2) is 0 Å². The van der Waals surface area contributed by atoms with Gasteiger partial charge in [-0.1, -0.05) is 0 Å². The Hall–Kier alpha value is -0.360. The monoisotopic (exact) mass is 380 g/mol. The topological polar surface area (TPSA) is 138 Å². The second kappa shape index (κ2) is 8.76. The van der Waals surface area contributed by atoms with Gasteiger partial charge >= 0.3 is 0 Å². The van der Waals surface area contributed by atoms with E-state index in [0.29, 0.717) is 0 Å². The van der Waals surface area contributed by atoms with E-state index in [-0.39, 0.29) is 19.4 Å². The summed E-state index contributed by atoms with van der Waals surface area (Å²) in [4.78, 5) is 0. The molecule has 2 rings (SSSR count). The first-order valence-corrected chi connectivity index (χ1v) is 9.04. The van der Waals surface area contributed by atoms with Gasteiger partial charge in [0.2, 0.25) is 0 Å². The van der Waals surface area contributed by atoms with E-state index < -0.39 is 60.9 Å². The minimum Gasteiger partial charge on any atom is -0.391 e. The van der Waals surface area contributed by atoms with Crippen LogP contribution < -0.4 is 0 Å². The van der Waals surface area contributed by atoms with Crippen molar-refractivity contribution in [3.05, 3.63) is 0 Å². The van der Waals surface area contributed by atoms with Crippen molar-refractivity contribution in [3.63, 3.8) is 0 Å². The Morgan fingerprint density at radius 3 is 2.31 bits per heavy atom. The van der Waals surface area contributed by atoms with Crippen LogP contribution in [0.1, 0.15) is 40.5 Å². The van der Waals surface area contributed by atoms with Crippen molar-refractivity contribution >= 4 is 0 Å². The fourth-order valence-electron chi connectivity index (χ4n) is 3.20. The summed E-state index contributed by atoms with van der Waals surface area (Å²) >= 11 is 0. The van der Waals surface area contributed by atoms with Crippen LogP contribution in [0, 0.1) is 0 Å². The van der Waals surface area contributed by atoms with Gasteiger partial charge in [0.1, 0.15) is 18.3 Å². The molecule has 0 radical (unpaired) electrons. The third-order valence-corrected chi connectivity index (χ3v) is 5.02. The summed E-state index contributed by atoms with van der Waals surface area (Å²) in [5.41, 5.74) is -1.36. The molecule has 2 fully saturated rings. The molecule has 2 aliphatic heterocycles. The molecule has 154 valence electrons. The second-order valence-electron chi connectivity index (χ2n) is 7.59. The molecular weight excluding hydrogens is 348 g/mol. The summed E-state index contributed by atoms with van der Waals surface area (Å²) in [7, 11) is 0. The molecule has 0 spiro atoms. The zero-order chi connectivity index (χ0) is 19.6. The molecule has 0 aromatic heterocycles. The van der Waals surface area contributed by atoms with Crippen LogP contribution in [0.2, 0.25) is 0 Å². The van der Waals surface area contributed by atoms with E-state index in [0.717, 1.165) is 0 Å². The standard InChI is InChI=1S/C17H32O9/c1-8(18)11(19)7-23-13-5-12(15(20)9(2)24-13)26-14-6-17(4,22)16(21)10(3)25-14/h8-16,18-22H,5-7H2,1-4H3/t8?,9?,10?,11-,12?,13+,14-,15-,16+,17?/m0/s1. The quantitative estimate of drug-likeness (QED) is 0.387. The van der Waals surface area contributed by atoms with Gasteiger partial charge in [-0.3, -0.25) is 0 Å². The lowest BCUT2D eigenvalue weighted by Crippen LogP contribution is -2.57. The summed E-state index contributed by atoms with van der Waals surface area (Å²) in [5.74, 6) is 0. The highest BCUT2D eigenvalue weighted by Crippen LogP contribution is 2.32. The molecular formula is C17H32O9. The van der Waals surface area contributed by atoms with Gasteiger partial charge in [0.25, 0.3) is 0 Å². The molecule has 2 aliphatic rings. The van der Waals surface area contributed by atoms with E-state index in [1.165, 1.54) is 13.8 Å². The normalized spacial score (nSPS) is 46.7. The van der Waals surface area contributed by atoms with Gasteiger partial charge in [0, 0.05) is 12.8 Å². The largest absolute Gasteiger partial charge is 0.391 e. The average Bonchev–Trinajstić information content (AvgIpc) is 2.54. The Bertz CT molecular complexity index is 444. The smallest absolute Gasteiger partial charge is 0.161 e. The van der Waals surface area contributed by atoms with Gasteiger partial charge in [-0.2, -0.15) is 0 Å². The van der Waals surface area contributed by atoms with Gasteiger partial charge in [0.15, 0.2) is 12.6 Å². The van der Waals surface area contributed by atoms with E-state index in [4.69, 9.17) is 18.9 Å². The lowest BCUT2D eigenvalue weighted by Gasteiger charge is -2.45. The number of hydrogen-bond donors (Lipinski definition) is 5. The molecule has 9 nitrogen and oxygen atoms in total. The van der Waals surface area contributed by atoms with Gasteiger partial charge in [-0.05, 0) is 27.7 Å².